The number of carbonyl (C=O) groups excluding carboxylic acids is 2. The molecule has 0 fully saturated rings. The first-order valence-corrected chi connectivity index (χ1v) is 14.0. The van der Waals surface area contributed by atoms with Crippen LogP contribution in [0.2, 0.25) is 10.0 Å². The van der Waals surface area contributed by atoms with Gasteiger partial charge in [-0.15, -0.1) is 0 Å². The lowest BCUT2D eigenvalue weighted by molar-refractivity contribution is -0.116. The molecule has 0 spiro atoms. The lowest BCUT2D eigenvalue weighted by Gasteiger charge is -2.15. The highest BCUT2D eigenvalue weighted by Gasteiger charge is 2.17. The van der Waals surface area contributed by atoms with Crippen molar-refractivity contribution in [2.24, 2.45) is 0 Å². The first-order valence-electron chi connectivity index (χ1n) is 13.2. The van der Waals surface area contributed by atoms with Crippen molar-refractivity contribution >= 4 is 51.6 Å². The maximum atomic E-state index is 13.6. The summed E-state index contributed by atoms with van der Waals surface area (Å²) in [6.45, 7) is -0.126. The van der Waals surface area contributed by atoms with Gasteiger partial charge in [0.15, 0.2) is 0 Å². The minimum absolute atomic E-state index is 0.0558. The zero-order chi connectivity index (χ0) is 30.5. The minimum atomic E-state index is -0.645. The average Bonchev–Trinajstić information content (AvgIpc) is 3.01. The van der Waals surface area contributed by atoms with Crippen molar-refractivity contribution in [2.45, 2.75) is 19.6 Å². The molecule has 1 heterocycles. The van der Waals surface area contributed by atoms with Crippen LogP contribution < -0.4 is 26.6 Å². The van der Waals surface area contributed by atoms with Gasteiger partial charge in [-0.25, -0.2) is 4.79 Å². The SMILES string of the molecule is COc1ccc(NC(=O)Cn2c(=O)n(Cc3ccc(C(=O)NCc4ccccc4Cl)cc3)c(=O)c3ccccc32)cc1Cl. The number of benzene rings is 4. The second-order valence-corrected chi connectivity index (χ2v) is 10.5. The molecule has 11 heteroatoms. The van der Waals surface area contributed by atoms with Crippen molar-refractivity contribution in [1.29, 1.82) is 0 Å². The van der Waals surface area contributed by atoms with Gasteiger partial charge in [-0.1, -0.05) is 65.7 Å². The summed E-state index contributed by atoms with van der Waals surface area (Å²) < 4.78 is 7.47. The number of methoxy groups -OCH3 is 1. The van der Waals surface area contributed by atoms with Gasteiger partial charge in [0.2, 0.25) is 5.91 Å². The summed E-state index contributed by atoms with van der Waals surface area (Å²) in [7, 11) is 1.49. The van der Waals surface area contributed by atoms with Crippen LogP contribution in [0, 0.1) is 0 Å². The Bertz CT molecular complexity index is 1950. The minimum Gasteiger partial charge on any atom is -0.495 e. The number of fused-ring (bicyclic) bond motifs is 1. The van der Waals surface area contributed by atoms with Crippen molar-refractivity contribution in [3.05, 3.63) is 139 Å². The molecule has 2 amide bonds. The number of hydrogen-bond donors (Lipinski definition) is 2. The Morgan fingerprint density at radius 1 is 0.837 bits per heavy atom. The zero-order valence-electron chi connectivity index (χ0n) is 23.0. The topological polar surface area (TPSA) is 111 Å². The van der Waals surface area contributed by atoms with Gasteiger partial charge in [-0.2, -0.15) is 0 Å². The number of para-hydroxylation sites is 1. The summed E-state index contributed by atoms with van der Waals surface area (Å²) in [5.74, 6) is -0.314. The van der Waals surface area contributed by atoms with E-state index in [1.807, 2.05) is 18.2 Å². The van der Waals surface area contributed by atoms with Gasteiger partial charge in [-0.05, 0) is 59.7 Å². The molecule has 218 valence electrons. The number of carbonyl (C=O) groups is 2. The van der Waals surface area contributed by atoms with Crippen LogP contribution in [-0.4, -0.2) is 28.1 Å². The van der Waals surface area contributed by atoms with E-state index in [9.17, 15) is 19.2 Å². The third-order valence-corrected chi connectivity index (χ3v) is 7.49. The van der Waals surface area contributed by atoms with Gasteiger partial charge in [-0.3, -0.25) is 23.5 Å². The van der Waals surface area contributed by atoms with E-state index in [2.05, 4.69) is 10.6 Å². The summed E-state index contributed by atoms with van der Waals surface area (Å²) >= 11 is 12.3. The third-order valence-electron chi connectivity index (χ3n) is 6.82. The van der Waals surface area contributed by atoms with Crippen LogP contribution in [0.25, 0.3) is 10.9 Å². The number of hydrogen-bond acceptors (Lipinski definition) is 5. The van der Waals surface area contributed by atoms with E-state index < -0.39 is 17.2 Å². The second kappa shape index (κ2) is 13.0. The van der Waals surface area contributed by atoms with Crippen LogP contribution in [0.15, 0.2) is 101 Å². The number of nitrogens with zero attached hydrogens (tertiary/aromatic N) is 2. The van der Waals surface area contributed by atoms with E-state index in [4.69, 9.17) is 27.9 Å². The lowest BCUT2D eigenvalue weighted by atomic mass is 10.1. The van der Waals surface area contributed by atoms with E-state index in [0.717, 1.165) is 10.1 Å². The molecule has 0 atom stereocenters. The lowest BCUT2D eigenvalue weighted by Crippen LogP contribution is -2.42. The Kier molecular flexibility index (Phi) is 8.94. The molecule has 0 aliphatic rings. The molecule has 0 saturated heterocycles. The Balaban J connectivity index is 1.37. The molecule has 0 radical (unpaired) electrons. The largest absolute Gasteiger partial charge is 0.495 e. The first-order chi connectivity index (χ1) is 20.7. The zero-order valence-corrected chi connectivity index (χ0v) is 24.5. The number of halogens is 2. The van der Waals surface area contributed by atoms with E-state index in [0.29, 0.717) is 38.1 Å². The normalized spacial score (nSPS) is 10.9. The number of rotatable bonds is 9. The molecule has 43 heavy (non-hydrogen) atoms. The summed E-state index contributed by atoms with van der Waals surface area (Å²) in [5.41, 5.74) is 1.46. The van der Waals surface area contributed by atoms with Gasteiger partial charge in [0, 0.05) is 22.8 Å². The Hall–Kier alpha value is -4.86. The quantitative estimate of drug-likeness (QED) is 0.239. The van der Waals surface area contributed by atoms with Crippen LogP contribution in [0.1, 0.15) is 21.5 Å². The first kappa shape index (κ1) is 29.6. The molecule has 0 aliphatic carbocycles. The number of amides is 2. The molecule has 5 aromatic rings. The van der Waals surface area contributed by atoms with E-state index in [1.54, 1.807) is 72.8 Å². The smallest absolute Gasteiger partial charge is 0.332 e. The van der Waals surface area contributed by atoms with Gasteiger partial charge in [0.05, 0.1) is 29.6 Å². The molecule has 4 aromatic carbocycles. The van der Waals surface area contributed by atoms with E-state index in [-0.39, 0.29) is 30.9 Å². The molecule has 0 unspecified atom stereocenters. The fourth-order valence-electron chi connectivity index (χ4n) is 4.61. The Morgan fingerprint density at radius 2 is 1.56 bits per heavy atom. The molecule has 0 saturated carbocycles. The molecular formula is C32H26Cl2N4O5. The predicted molar refractivity (Wildman–Crippen MR) is 167 cm³/mol. The maximum absolute atomic E-state index is 13.6. The summed E-state index contributed by atoms with van der Waals surface area (Å²) in [6, 6.07) is 25.2. The molecule has 0 aliphatic heterocycles. The molecule has 1 aromatic heterocycles. The fourth-order valence-corrected chi connectivity index (χ4v) is 5.08. The third kappa shape index (κ3) is 6.63. The molecule has 5 rings (SSSR count). The van der Waals surface area contributed by atoms with Crippen LogP contribution in [0.3, 0.4) is 0 Å². The van der Waals surface area contributed by atoms with Gasteiger partial charge < -0.3 is 15.4 Å². The van der Waals surface area contributed by atoms with Crippen LogP contribution in [0.4, 0.5) is 5.69 Å². The highest BCUT2D eigenvalue weighted by atomic mass is 35.5. The number of nitrogens with one attached hydrogen (secondary N) is 2. The average molecular weight is 617 g/mol. The fraction of sp³-hybridized carbons (Fsp3) is 0.125. The van der Waals surface area contributed by atoms with Crippen LogP contribution in [0.5, 0.6) is 5.75 Å². The van der Waals surface area contributed by atoms with Crippen molar-refractivity contribution in [1.82, 2.24) is 14.5 Å². The van der Waals surface area contributed by atoms with Gasteiger partial charge in [0.25, 0.3) is 11.5 Å². The predicted octanol–water partition coefficient (Wildman–Crippen LogP) is 5.10. The monoisotopic (exact) mass is 616 g/mol. The number of anilines is 1. The van der Waals surface area contributed by atoms with Crippen molar-refractivity contribution in [2.75, 3.05) is 12.4 Å². The molecule has 0 bridgehead atoms. The highest BCUT2D eigenvalue weighted by Crippen LogP contribution is 2.27. The summed E-state index contributed by atoms with van der Waals surface area (Å²) in [5, 5.41) is 6.73. The van der Waals surface area contributed by atoms with Gasteiger partial charge in [0.1, 0.15) is 12.3 Å². The van der Waals surface area contributed by atoms with E-state index in [1.165, 1.54) is 11.7 Å². The highest BCUT2D eigenvalue weighted by molar-refractivity contribution is 6.32. The van der Waals surface area contributed by atoms with Crippen molar-refractivity contribution < 1.29 is 14.3 Å². The van der Waals surface area contributed by atoms with Crippen LogP contribution >= 0.6 is 23.2 Å². The summed E-state index contributed by atoms with van der Waals surface area (Å²) in [4.78, 5) is 52.6. The maximum Gasteiger partial charge on any atom is 0.332 e. The number of aromatic nitrogens is 2. The van der Waals surface area contributed by atoms with E-state index >= 15 is 0 Å². The van der Waals surface area contributed by atoms with Crippen molar-refractivity contribution in [3.63, 3.8) is 0 Å². The molecular weight excluding hydrogens is 591 g/mol. The molecule has 2 N–H and O–H groups in total. The molecule has 9 nitrogen and oxygen atoms in total. The van der Waals surface area contributed by atoms with Gasteiger partial charge >= 0.3 is 5.69 Å². The Morgan fingerprint density at radius 3 is 2.28 bits per heavy atom. The standard InChI is InChI=1S/C32H26Cl2N4O5/c1-43-28-15-14-23(16-26(28)34)36-29(39)19-37-27-9-5-3-7-24(27)31(41)38(32(37)42)18-20-10-12-21(13-11-20)30(40)35-17-22-6-2-4-8-25(22)33/h2-16H,17-19H2,1H3,(H,35,40)(H,36,39). The summed E-state index contributed by atoms with van der Waals surface area (Å²) in [6.07, 6.45) is 0. The van der Waals surface area contributed by atoms with Crippen molar-refractivity contribution in [3.8, 4) is 5.75 Å². The Labute approximate surface area is 256 Å². The van der Waals surface area contributed by atoms with Crippen LogP contribution in [-0.2, 0) is 24.4 Å². The number of ether oxygens (including phenoxy) is 1. The second-order valence-electron chi connectivity index (χ2n) is 9.65.